The predicted molar refractivity (Wildman–Crippen MR) is 54.1 cm³/mol. The number of carbonyl (C=O) groups is 2. The third kappa shape index (κ3) is 2.56. The van der Waals surface area contributed by atoms with Gasteiger partial charge in [0.15, 0.2) is 0 Å². The summed E-state index contributed by atoms with van der Waals surface area (Å²) in [6, 6.07) is 2.26. The molecule has 4 nitrogen and oxygen atoms in total. The largest absolute Gasteiger partial charge is 0.475 e. The quantitative estimate of drug-likeness (QED) is 0.651. The molecule has 0 aliphatic heterocycles. The van der Waals surface area contributed by atoms with Crippen molar-refractivity contribution in [3.8, 4) is 0 Å². The van der Waals surface area contributed by atoms with Gasteiger partial charge in [0.1, 0.15) is 5.82 Å². The zero-order valence-corrected chi connectivity index (χ0v) is 9.05. The van der Waals surface area contributed by atoms with Gasteiger partial charge in [0, 0.05) is 17.7 Å². The molecule has 1 aromatic rings. The van der Waals surface area contributed by atoms with Crippen LogP contribution in [0, 0.1) is 5.82 Å². The minimum atomic E-state index is -1.73. The Balaban J connectivity index is 3.29. The molecule has 1 aromatic carbocycles. The lowest BCUT2D eigenvalue weighted by atomic mass is 10.1. The summed E-state index contributed by atoms with van der Waals surface area (Å²) in [4.78, 5) is 21.6. The number of carboxylic acid groups (broad SMARTS) is 1. The van der Waals surface area contributed by atoms with Crippen molar-refractivity contribution in [3.63, 3.8) is 0 Å². The van der Waals surface area contributed by atoms with Crippen molar-refractivity contribution in [2.24, 2.45) is 0 Å². The first-order chi connectivity index (χ1) is 7.47. The number of halogens is 2. The molecule has 0 spiro atoms. The number of carboxylic acids is 1. The molecule has 0 bridgehead atoms. The van der Waals surface area contributed by atoms with Gasteiger partial charge >= 0.3 is 5.97 Å². The summed E-state index contributed by atoms with van der Waals surface area (Å²) in [7, 11) is 1.35. The maximum absolute atomic E-state index is 13.6. The van der Waals surface area contributed by atoms with E-state index in [4.69, 9.17) is 21.4 Å². The van der Waals surface area contributed by atoms with E-state index >= 15 is 0 Å². The number of benzene rings is 1. The highest BCUT2D eigenvalue weighted by Crippen LogP contribution is 2.21. The van der Waals surface area contributed by atoms with Gasteiger partial charge in [-0.05, 0) is 12.1 Å². The lowest BCUT2D eigenvalue weighted by molar-refractivity contribution is -0.131. The Kier molecular flexibility index (Phi) is 3.98. The van der Waals surface area contributed by atoms with Gasteiger partial charge in [-0.25, -0.2) is 9.18 Å². The molecular weight excluding hydrogens is 239 g/mol. The SMILES string of the molecule is COCc1cc(Cl)cc(C(=O)C(=O)O)c1F. The molecule has 0 saturated carbocycles. The first kappa shape index (κ1) is 12.6. The number of ketones is 1. The number of carbonyl (C=O) groups excluding carboxylic acids is 1. The first-order valence-corrected chi connectivity index (χ1v) is 4.59. The molecule has 0 heterocycles. The fraction of sp³-hybridized carbons (Fsp3) is 0.200. The van der Waals surface area contributed by atoms with Crippen LogP contribution in [0.3, 0.4) is 0 Å². The van der Waals surface area contributed by atoms with Gasteiger partial charge in [0.25, 0.3) is 5.78 Å². The summed E-state index contributed by atoms with van der Waals surface area (Å²) in [5.41, 5.74) is -0.522. The van der Waals surface area contributed by atoms with E-state index < -0.39 is 23.1 Å². The lowest BCUT2D eigenvalue weighted by Gasteiger charge is -2.06. The minimum Gasteiger partial charge on any atom is -0.475 e. The van der Waals surface area contributed by atoms with Crippen LogP contribution < -0.4 is 0 Å². The number of aliphatic carboxylic acids is 1. The summed E-state index contributed by atoms with van der Waals surface area (Å²) in [5, 5.41) is 8.56. The van der Waals surface area contributed by atoms with E-state index in [0.29, 0.717) is 0 Å². The van der Waals surface area contributed by atoms with Crippen molar-refractivity contribution in [1.82, 2.24) is 0 Å². The molecule has 0 unspecified atom stereocenters. The number of Topliss-reactive ketones (excluding diaryl/α,β-unsaturated/α-hetero) is 1. The van der Waals surface area contributed by atoms with Crippen molar-refractivity contribution in [2.75, 3.05) is 7.11 Å². The van der Waals surface area contributed by atoms with Crippen LogP contribution in [0.4, 0.5) is 4.39 Å². The predicted octanol–water partition coefficient (Wildman–Crippen LogP) is 1.89. The van der Waals surface area contributed by atoms with E-state index in [1.807, 2.05) is 0 Å². The lowest BCUT2D eigenvalue weighted by Crippen LogP contribution is -2.15. The number of methoxy groups -OCH3 is 1. The topological polar surface area (TPSA) is 63.6 Å². The van der Waals surface area contributed by atoms with Crippen LogP contribution in [0.2, 0.25) is 5.02 Å². The third-order valence-electron chi connectivity index (χ3n) is 1.85. The second kappa shape index (κ2) is 5.05. The Morgan fingerprint density at radius 1 is 1.50 bits per heavy atom. The first-order valence-electron chi connectivity index (χ1n) is 4.21. The van der Waals surface area contributed by atoms with Gasteiger partial charge in [-0.15, -0.1) is 0 Å². The van der Waals surface area contributed by atoms with E-state index in [1.165, 1.54) is 13.2 Å². The second-order valence-corrected chi connectivity index (χ2v) is 3.43. The van der Waals surface area contributed by atoms with Crippen molar-refractivity contribution in [2.45, 2.75) is 6.61 Å². The molecular formula is C10H8ClFO4. The molecule has 0 fully saturated rings. The van der Waals surface area contributed by atoms with Gasteiger partial charge in [-0.3, -0.25) is 4.79 Å². The minimum absolute atomic E-state index is 0.0413. The molecule has 0 radical (unpaired) electrons. The van der Waals surface area contributed by atoms with Gasteiger partial charge in [0.2, 0.25) is 0 Å². The molecule has 0 aliphatic carbocycles. The van der Waals surface area contributed by atoms with E-state index in [9.17, 15) is 14.0 Å². The maximum atomic E-state index is 13.6. The highest BCUT2D eigenvalue weighted by atomic mass is 35.5. The highest BCUT2D eigenvalue weighted by molar-refractivity contribution is 6.40. The molecule has 0 atom stereocenters. The number of hydrogen-bond donors (Lipinski definition) is 1. The van der Waals surface area contributed by atoms with Gasteiger partial charge in [-0.2, -0.15) is 0 Å². The van der Waals surface area contributed by atoms with E-state index in [0.717, 1.165) is 6.07 Å². The monoisotopic (exact) mass is 246 g/mol. The summed E-state index contributed by atoms with van der Waals surface area (Å²) in [6.45, 7) is -0.0910. The Morgan fingerprint density at radius 2 is 2.12 bits per heavy atom. The van der Waals surface area contributed by atoms with Crippen LogP contribution in [0.25, 0.3) is 0 Å². The van der Waals surface area contributed by atoms with Gasteiger partial charge < -0.3 is 9.84 Å². The molecule has 0 aliphatic rings. The zero-order valence-electron chi connectivity index (χ0n) is 8.29. The normalized spacial score (nSPS) is 10.2. The van der Waals surface area contributed by atoms with Crippen LogP contribution in [0.15, 0.2) is 12.1 Å². The van der Waals surface area contributed by atoms with Crippen LogP contribution in [0.5, 0.6) is 0 Å². The maximum Gasteiger partial charge on any atom is 0.377 e. The Labute approximate surface area is 95.6 Å². The van der Waals surface area contributed by atoms with Gasteiger partial charge in [-0.1, -0.05) is 11.6 Å². The number of ether oxygens (including phenoxy) is 1. The van der Waals surface area contributed by atoms with Crippen molar-refractivity contribution < 1.29 is 23.8 Å². The summed E-state index contributed by atoms with van der Waals surface area (Å²) in [5.74, 6) is -3.99. The molecule has 16 heavy (non-hydrogen) atoms. The second-order valence-electron chi connectivity index (χ2n) is 2.99. The molecule has 6 heteroatoms. The number of hydrogen-bond acceptors (Lipinski definition) is 3. The van der Waals surface area contributed by atoms with Crippen LogP contribution >= 0.6 is 11.6 Å². The number of rotatable bonds is 4. The molecule has 1 N–H and O–H groups in total. The average Bonchev–Trinajstić information content (AvgIpc) is 2.22. The van der Waals surface area contributed by atoms with Crippen molar-refractivity contribution in [1.29, 1.82) is 0 Å². The molecule has 0 aromatic heterocycles. The summed E-state index contributed by atoms with van der Waals surface area (Å²) < 4.78 is 18.3. The molecule has 1 rings (SSSR count). The average molecular weight is 247 g/mol. The Bertz CT molecular complexity index is 445. The third-order valence-corrected chi connectivity index (χ3v) is 2.07. The zero-order chi connectivity index (χ0) is 12.3. The molecule has 86 valence electrons. The van der Waals surface area contributed by atoms with E-state index in [1.54, 1.807) is 0 Å². The Hall–Kier alpha value is -1.46. The van der Waals surface area contributed by atoms with Crippen LogP contribution in [0.1, 0.15) is 15.9 Å². The molecule has 0 saturated heterocycles. The van der Waals surface area contributed by atoms with Crippen LogP contribution in [-0.4, -0.2) is 24.0 Å². The van der Waals surface area contributed by atoms with E-state index in [2.05, 4.69) is 0 Å². The fourth-order valence-electron chi connectivity index (χ4n) is 1.19. The summed E-state index contributed by atoms with van der Waals surface area (Å²) >= 11 is 5.64. The van der Waals surface area contributed by atoms with Crippen molar-refractivity contribution in [3.05, 3.63) is 34.1 Å². The summed E-state index contributed by atoms with van der Waals surface area (Å²) in [6.07, 6.45) is 0. The highest BCUT2D eigenvalue weighted by Gasteiger charge is 2.21. The standard InChI is InChI=1S/C10H8ClFO4/c1-16-4-5-2-6(11)3-7(8(5)12)9(13)10(14)15/h2-3H,4H2,1H3,(H,14,15). The Morgan fingerprint density at radius 3 is 2.62 bits per heavy atom. The van der Waals surface area contributed by atoms with E-state index in [-0.39, 0.29) is 17.2 Å². The van der Waals surface area contributed by atoms with Gasteiger partial charge in [0.05, 0.1) is 12.2 Å². The van der Waals surface area contributed by atoms with Crippen LogP contribution in [-0.2, 0) is 16.1 Å². The van der Waals surface area contributed by atoms with Crippen molar-refractivity contribution >= 4 is 23.4 Å². The molecule has 0 amide bonds. The smallest absolute Gasteiger partial charge is 0.377 e. The fourth-order valence-corrected chi connectivity index (χ4v) is 1.43.